The van der Waals surface area contributed by atoms with E-state index in [-0.39, 0.29) is 19.5 Å². The number of piperidine rings is 1. The summed E-state index contributed by atoms with van der Waals surface area (Å²) in [4.78, 5) is 24.0. The van der Waals surface area contributed by atoms with E-state index in [2.05, 4.69) is 4.74 Å². The van der Waals surface area contributed by atoms with Gasteiger partial charge in [0, 0.05) is 6.54 Å². The number of carbonyl (C=O) groups excluding carboxylic acids is 1. The van der Waals surface area contributed by atoms with Gasteiger partial charge in [-0.25, -0.2) is 4.79 Å². The third kappa shape index (κ3) is 5.28. The fourth-order valence-corrected chi connectivity index (χ4v) is 1.95. The molecule has 6 nitrogen and oxygen atoms in total. The molecule has 1 fully saturated rings. The fraction of sp³-hybridized carbons (Fsp3) is 0.833. The molecule has 0 radical (unpaired) electrons. The largest absolute Gasteiger partial charge is 0.481 e. The molecule has 0 bridgehead atoms. The Bertz CT molecular complexity index is 369. The molecule has 1 amide bonds. The lowest BCUT2D eigenvalue weighted by Gasteiger charge is -2.36. The highest BCUT2D eigenvalue weighted by Crippen LogP contribution is 2.23. The third-order valence-electron chi connectivity index (χ3n) is 2.71. The Balaban J connectivity index is 2.74. The summed E-state index contributed by atoms with van der Waals surface area (Å²) in [5, 5.41) is 9.00. The third-order valence-corrected chi connectivity index (χ3v) is 2.71. The van der Waals surface area contributed by atoms with E-state index in [0.717, 1.165) is 4.90 Å². The number of likely N-dealkylation sites (tertiary alicyclic amines) is 1. The van der Waals surface area contributed by atoms with Crippen LogP contribution in [0.5, 0.6) is 0 Å². The van der Waals surface area contributed by atoms with E-state index in [1.165, 1.54) is 0 Å². The van der Waals surface area contributed by atoms with Gasteiger partial charge in [0.05, 0.1) is 18.6 Å². The van der Waals surface area contributed by atoms with Gasteiger partial charge in [-0.05, 0) is 27.2 Å². The van der Waals surface area contributed by atoms with Crippen LogP contribution in [0.15, 0.2) is 0 Å². The zero-order valence-corrected chi connectivity index (χ0v) is 11.6. The highest BCUT2D eigenvalue weighted by molar-refractivity contribution is 5.73. The van der Waals surface area contributed by atoms with E-state index in [1.54, 1.807) is 20.8 Å². The van der Waals surface area contributed by atoms with E-state index in [4.69, 9.17) is 9.84 Å². The van der Waals surface area contributed by atoms with E-state index in [1.807, 2.05) is 0 Å². The normalized spacial score (nSPS) is 23.8. The molecule has 0 saturated carbocycles. The van der Waals surface area contributed by atoms with Gasteiger partial charge in [0.1, 0.15) is 5.60 Å². The molecule has 0 aromatic heterocycles. The van der Waals surface area contributed by atoms with Crippen LogP contribution in [-0.2, 0) is 14.3 Å². The first-order valence-corrected chi connectivity index (χ1v) is 6.23. The summed E-state index contributed by atoms with van der Waals surface area (Å²) in [7, 11) is 0. The number of carboxylic acid groups (broad SMARTS) is 1. The van der Waals surface area contributed by atoms with Crippen LogP contribution in [0.3, 0.4) is 0 Å². The molecule has 1 aliphatic heterocycles. The van der Waals surface area contributed by atoms with Gasteiger partial charge >= 0.3 is 18.7 Å². The first kappa shape index (κ1) is 16.6. The number of halogens is 2. The number of amides is 1. The quantitative estimate of drug-likeness (QED) is 0.861. The second kappa shape index (κ2) is 6.34. The van der Waals surface area contributed by atoms with Crippen molar-refractivity contribution in [2.75, 3.05) is 13.1 Å². The highest BCUT2D eigenvalue weighted by Gasteiger charge is 2.37. The van der Waals surface area contributed by atoms with Gasteiger partial charge < -0.3 is 19.5 Å². The maximum Gasteiger partial charge on any atom is 0.410 e. The van der Waals surface area contributed by atoms with Crippen LogP contribution >= 0.6 is 0 Å². The Morgan fingerprint density at radius 2 is 1.90 bits per heavy atom. The summed E-state index contributed by atoms with van der Waals surface area (Å²) in [6, 6.07) is 0. The second-order valence-electron chi connectivity index (χ2n) is 5.67. The number of nitrogens with zero attached hydrogens (tertiary/aromatic N) is 1. The number of alkyl halides is 2. The van der Waals surface area contributed by atoms with E-state index >= 15 is 0 Å². The molecule has 1 N–H and O–H groups in total. The van der Waals surface area contributed by atoms with Gasteiger partial charge in [-0.15, -0.1) is 0 Å². The lowest BCUT2D eigenvalue weighted by molar-refractivity contribution is -0.182. The first-order valence-electron chi connectivity index (χ1n) is 6.23. The molecule has 1 rings (SSSR count). The van der Waals surface area contributed by atoms with Crippen molar-refractivity contribution in [3.63, 3.8) is 0 Å². The molecule has 2 atom stereocenters. The van der Waals surface area contributed by atoms with E-state index < -0.39 is 36.3 Å². The SMILES string of the molecule is CC(C)(C)OC(=O)N1CC(OC(F)F)CC(C(=O)O)C1. The summed E-state index contributed by atoms with van der Waals surface area (Å²) in [5.74, 6) is -2.10. The van der Waals surface area contributed by atoms with Crippen molar-refractivity contribution < 1.29 is 33.0 Å². The number of aliphatic carboxylic acids is 1. The zero-order valence-electron chi connectivity index (χ0n) is 11.6. The Kier molecular flexibility index (Phi) is 5.27. The molecule has 20 heavy (non-hydrogen) atoms. The monoisotopic (exact) mass is 295 g/mol. The zero-order chi connectivity index (χ0) is 15.5. The minimum absolute atomic E-state index is 0.0566. The van der Waals surface area contributed by atoms with Crippen LogP contribution < -0.4 is 0 Å². The second-order valence-corrected chi connectivity index (χ2v) is 5.67. The van der Waals surface area contributed by atoms with Gasteiger partial charge in [0.25, 0.3) is 0 Å². The Hall–Kier alpha value is -1.44. The van der Waals surface area contributed by atoms with Gasteiger partial charge in [0.15, 0.2) is 0 Å². The lowest BCUT2D eigenvalue weighted by atomic mass is 9.96. The number of rotatable bonds is 3. The number of carbonyl (C=O) groups is 2. The van der Waals surface area contributed by atoms with Crippen LogP contribution in [0.25, 0.3) is 0 Å². The van der Waals surface area contributed by atoms with Crippen molar-refractivity contribution in [3.8, 4) is 0 Å². The van der Waals surface area contributed by atoms with Crippen LogP contribution in [-0.4, -0.2) is 53.5 Å². The van der Waals surface area contributed by atoms with Crippen molar-refractivity contribution in [1.29, 1.82) is 0 Å². The topological polar surface area (TPSA) is 76.1 Å². The molecule has 1 aliphatic rings. The maximum atomic E-state index is 12.2. The molecular weight excluding hydrogens is 276 g/mol. The van der Waals surface area contributed by atoms with Gasteiger partial charge in [-0.1, -0.05) is 0 Å². The Labute approximate surface area is 115 Å². The summed E-state index contributed by atoms with van der Waals surface area (Å²) in [5.41, 5.74) is -0.744. The molecule has 0 aliphatic carbocycles. The fourth-order valence-electron chi connectivity index (χ4n) is 1.95. The van der Waals surface area contributed by atoms with Crippen molar-refractivity contribution >= 4 is 12.1 Å². The van der Waals surface area contributed by atoms with Gasteiger partial charge in [0.2, 0.25) is 0 Å². The van der Waals surface area contributed by atoms with Crippen molar-refractivity contribution in [2.24, 2.45) is 5.92 Å². The predicted molar refractivity (Wildman–Crippen MR) is 64.4 cm³/mol. The number of hydrogen-bond acceptors (Lipinski definition) is 4. The van der Waals surface area contributed by atoms with Gasteiger partial charge in [-0.2, -0.15) is 8.78 Å². The average Bonchev–Trinajstić information content (AvgIpc) is 2.25. The van der Waals surface area contributed by atoms with Crippen LogP contribution in [0.1, 0.15) is 27.2 Å². The van der Waals surface area contributed by atoms with Crippen molar-refractivity contribution in [3.05, 3.63) is 0 Å². The molecule has 1 saturated heterocycles. The summed E-state index contributed by atoms with van der Waals surface area (Å²) in [6.45, 7) is 1.80. The number of ether oxygens (including phenoxy) is 2. The standard InChI is InChI=1S/C12H19F2NO5/c1-12(2,3)20-11(18)15-5-7(9(16)17)4-8(6-15)19-10(13)14/h7-8,10H,4-6H2,1-3H3,(H,16,17). The maximum absolute atomic E-state index is 12.2. The minimum Gasteiger partial charge on any atom is -0.481 e. The lowest BCUT2D eigenvalue weighted by Crippen LogP contribution is -2.50. The summed E-state index contributed by atoms with van der Waals surface area (Å²) >= 11 is 0. The molecule has 116 valence electrons. The first-order chi connectivity index (χ1) is 9.08. The van der Waals surface area contributed by atoms with Crippen LogP contribution in [0.2, 0.25) is 0 Å². The van der Waals surface area contributed by atoms with E-state index in [9.17, 15) is 18.4 Å². The molecule has 0 aromatic rings. The molecule has 0 spiro atoms. The molecular formula is C12H19F2NO5. The smallest absolute Gasteiger partial charge is 0.410 e. The molecule has 0 aromatic carbocycles. The van der Waals surface area contributed by atoms with E-state index in [0.29, 0.717) is 0 Å². The van der Waals surface area contributed by atoms with Crippen LogP contribution in [0.4, 0.5) is 13.6 Å². The highest BCUT2D eigenvalue weighted by atomic mass is 19.3. The summed E-state index contributed by atoms with van der Waals surface area (Å²) in [6.07, 6.45) is -1.80. The predicted octanol–water partition coefficient (Wildman–Crippen LogP) is 1.94. The average molecular weight is 295 g/mol. The van der Waals surface area contributed by atoms with Crippen molar-refractivity contribution in [1.82, 2.24) is 4.90 Å². The number of hydrogen-bond donors (Lipinski definition) is 1. The van der Waals surface area contributed by atoms with Crippen molar-refractivity contribution in [2.45, 2.75) is 45.5 Å². The number of carboxylic acids is 1. The molecule has 2 unspecified atom stereocenters. The Morgan fingerprint density at radius 1 is 1.30 bits per heavy atom. The van der Waals surface area contributed by atoms with Gasteiger partial charge in [-0.3, -0.25) is 4.79 Å². The summed E-state index contributed by atoms with van der Waals surface area (Å²) < 4.78 is 33.9. The molecule has 1 heterocycles. The van der Waals surface area contributed by atoms with Crippen LogP contribution in [0, 0.1) is 5.92 Å². The minimum atomic E-state index is -3.01. The Morgan fingerprint density at radius 3 is 2.35 bits per heavy atom. The molecule has 8 heteroatoms.